The van der Waals surface area contributed by atoms with Gasteiger partial charge in [-0.25, -0.2) is 8.78 Å². The molecule has 1 aromatic heterocycles. The van der Waals surface area contributed by atoms with E-state index < -0.39 is 17.5 Å². The van der Waals surface area contributed by atoms with Gasteiger partial charge in [0.15, 0.2) is 5.82 Å². The first-order chi connectivity index (χ1) is 14.3. The summed E-state index contributed by atoms with van der Waals surface area (Å²) in [6, 6.07) is 6.45. The van der Waals surface area contributed by atoms with Crippen molar-refractivity contribution in [1.29, 1.82) is 0 Å². The van der Waals surface area contributed by atoms with E-state index in [9.17, 15) is 9.59 Å². The second-order valence-electron chi connectivity index (χ2n) is 7.47. The van der Waals surface area contributed by atoms with Crippen molar-refractivity contribution < 1.29 is 18.4 Å². The van der Waals surface area contributed by atoms with E-state index in [0.29, 0.717) is 31.5 Å². The molecular formula is C23H21F2N3O2. The van der Waals surface area contributed by atoms with E-state index in [2.05, 4.69) is 11.6 Å². The van der Waals surface area contributed by atoms with E-state index in [4.69, 9.17) is 5.73 Å². The fourth-order valence-corrected chi connectivity index (χ4v) is 4.25. The minimum absolute atomic E-state index is 0.0120. The first-order valence-electron chi connectivity index (χ1n) is 9.66. The Labute approximate surface area is 172 Å². The van der Waals surface area contributed by atoms with Crippen molar-refractivity contribution in [3.8, 4) is 11.1 Å². The van der Waals surface area contributed by atoms with E-state index in [1.54, 1.807) is 17.0 Å². The highest BCUT2D eigenvalue weighted by atomic mass is 19.1. The number of hydrogen-bond acceptors (Lipinski definition) is 2. The summed E-state index contributed by atoms with van der Waals surface area (Å²) in [6.07, 6.45) is 2.57. The molecule has 4 rings (SSSR count). The number of rotatable bonds is 3. The lowest BCUT2D eigenvalue weighted by atomic mass is 9.90. The molecule has 0 unspecified atom stereocenters. The van der Waals surface area contributed by atoms with Crippen LogP contribution in [-0.2, 0) is 17.8 Å². The Morgan fingerprint density at radius 3 is 2.77 bits per heavy atom. The zero-order valence-corrected chi connectivity index (χ0v) is 16.5. The third kappa shape index (κ3) is 3.07. The van der Waals surface area contributed by atoms with Crippen LogP contribution in [0.3, 0.4) is 0 Å². The van der Waals surface area contributed by atoms with Crippen LogP contribution in [0.4, 0.5) is 8.78 Å². The van der Waals surface area contributed by atoms with Gasteiger partial charge in [-0.05, 0) is 48.6 Å². The van der Waals surface area contributed by atoms with Crippen LogP contribution in [-0.4, -0.2) is 28.2 Å². The van der Waals surface area contributed by atoms with Gasteiger partial charge in [-0.15, -0.1) is 0 Å². The van der Waals surface area contributed by atoms with Gasteiger partial charge in [0.25, 0.3) is 5.91 Å². The van der Waals surface area contributed by atoms with Gasteiger partial charge in [0, 0.05) is 29.7 Å². The number of fused-ring (bicyclic) bond motifs is 2. The number of nitrogens with zero attached hydrogens (tertiary/aromatic N) is 1. The highest BCUT2D eigenvalue weighted by Gasteiger charge is 2.26. The third-order valence-electron chi connectivity index (χ3n) is 5.65. The van der Waals surface area contributed by atoms with E-state index in [0.717, 1.165) is 17.2 Å². The van der Waals surface area contributed by atoms with Crippen molar-refractivity contribution in [2.45, 2.75) is 26.3 Å². The fraction of sp³-hybridized carbons (Fsp3) is 0.217. The Morgan fingerprint density at radius 1 is 1.30 bits per heavy atom. The van der Waals surface area contributed by atoms with Crippen molar-refractivity contribution in [2.75, 3.05) is 6.54 Å². The average Bonchev–Trinajstić information content (AvgIpc) is 2.90. The van der Waals surface area contributed by atoms with Gasteiger partial charge in [-0.3, -0.25) is 9.59 Å². The van der Waals surface area contributed by atoms with Gasteiger partial charge in [0.05, 0.1) is 11.1 Å². The lowest BCUT2D eigenvalue weighted by Crippen LogP contribution is -2.28. The molecule has 7 heteroatoms. The number of primary amides is 1. The summed E-state index contributed by atoms with van der Waals surface area (Å²) in [6.45, 7) is 5.98. The molecule has 0 radical (unpaired) electrons. The lowest BCUT2D eigenvalue weighted by molar-refractivity contribution is -0.126. The third-order valence-corrected chi connectivity index (χ3v) is 5.65. The van der Waals surface area contributed by atoms with Crippen LogP contribution in [0.5, 0.6) is 0 Å². The van der Waals surface area contributed by atoms with Crippen LogP contribution in [0.2, 0.25) is 0 Å². The topological polar surface area (TPSA) is 79.2 Å². The molecule has 154 valence electrons. The molecule has 0 spiro atoms. The van der Waals surface area contributed by atoms with Crippen LogP contribution >= 0.6 is 0 Å². The molecule has 2 amide bonds. The zero-order valence-electron chi connectivity index (χ0n) is 16.5. The van der Waals surface area contributed by atoms with Crippen molar-refractivity contribution in [2.24, 2.45) is 5.73 Å². The largest absolute Gasteiger partial charge is 0.366 e. The average molecular weight is 409 g/mol. The SMILES string of the molecule is C=CC(=O)N1CCCc2c(cccc2-c2c(F)cc(C(N)=O)c3[nH]c(C)c(F)c23)C1. The first kappa shape index (κ1) is 19.8. The second kappa shape index (κ2) is 7.40. The minimum atomic E-state index is -0.836. The molecule has 0 bridgehead atoms. The van der Waals surface area contributed by atoms with Gasteiger partial charge in [-0.1, -0.05) is 24.8 Å². The Morgan fingerprint density at radius 2 is 2.07 bits per heavy atom. The van der Waals surface area contributed by atoms with Gasteiger partial charge >= 0.3 is 0 Å². The quantitative estimate of drug-likeness (QED) is 0.642. The molecule has 2 heterocycles. The van der Waals surface area contributed by atoms with Crippen LogP contribution in [0.1, 0.15) is 33.6 Å². The van der Waals surface area contributed by atoms with Gasteiger partial charge in [0.2, 0.25) is 5.91 Å². The predicted octanol–water partition coefficient (Wildman–Crippen LogP) is 3.98. The standard InChI is InChI=1S/C23H21F2N3O2/c1-3-18(29)28-9-5-8-14-13(11-28)6-4-7-15(14)19-17(24)10-16(23(26)30)22-20(19)21(25)12(2)27-22/h3-4,6-7,10,27H,1,5,8-9,11H2,2H3,(H2,26,30). The van der Waals surface area contributed by atoms with Gasteiger partial charge < -0.3 is 15.6 Å². The summed E-state index contributed by atoms with van der Waals surface area (Å²) in [5.74, 6) is -2.33. The molecule has 1 aliphatic heterocycles. The molecule has 1 aliphatic rings. The molecule has 0 saturated carbocycles. The van der Waals surface area contributed by atoms with E-state index in [1.807, 2.05) is 6.07 Å². The molecule has 30 heavy (non-hydrogen) atoms. The maximum Gasteiger partial charge on any atom is 0.250 e. The maximum atomic E-state index is 15.3. The van der Waals surface area contributed by atoms with Crippen LogP contribution in [0.15, 0.2) is 36.9 Å². The molecule has 5 nitrogen and oxygen atoms in total. The number of carbonyl (C=O) groups is 2. The molecule has 3 N–H and O–H groups in total. The summed E-state index contributed by atoms with van der Waals surface area (Å²) in [7, 11) is 0. The van der Waals surface area contributed by atoms with Crippen LogP contribution in [0, 0.1) is 18.6 Å². The maximum absolute atomic E-state index is 15.3. The lowest BCUT2D eigenvalue weighted by Gasteiger charge is -2.19. The number of aromatic nitrogens is 1. The Kier molecular flexibility index (Phi) is 4.89. The molecule has 0 fully saturated rings. The van der Waals surface area contributed by atoms with E-state index in [-0.39, 0.29) is 33.6 Å². The van der Waals surface area contributed by atoms with Crippen LogP contribution < -0.4 is 5.73 Å². The highest BCUT2D eigenvalue weighted by molar-refractivity contribution is 6.10. The van der Waals surface area contributed by atoms with E-state index in [1.165, 1.54) is 13.0 Å². The second-order valence-corrected chi connectivity index (χ2v) is 7.47. The number of aryl methyl sites for hydroxylation is 1. The molecule has 0 saturated heterocycles. The fourth-order valence-electron chi connectivity index (χ4n) is 4.25. The Hall–Kier alpha value is -3.48. The number of H-pyrrole nitrogens is 1. The summed E-state index contributed by atoms with van der Waals surface area (Å²) >= 11 is 0. The number of hydrogen-bond donors (Lipinski definition) is 2. The van der Waals surface area contributed by atoms with Crippen molar-refractivity contribution in [3.05, 3.63) is 70.9 Å². The number of nitrogens with two attached hydrogens (primary N) is 1. The number of nitrogens with one attached hydrogen (secondary N) is 1. The van der Waals surface area contributed by atoms with Gasteiger partial charge in [0.1, 0.15) is 5.82 Å². The van der Waals surface area contributed by atoms with Gasteiger partial charge in [-0.2, -0.15) is 0 Å². The monoisotopic (exact) mass is 409 g/mol. The van der Waals surface area contributed by atoms with Crippen molar-refractivity contribution in [3.63, 3.8) is 0 Å². The van der Waals surface area contributed by atoms with Crippen molar-refractivity contribution in [1.82, 2.24) is 9.88 Å². The number of aromatic amines is 1. The zero-order chi connectivity index (χ0) is 21.6. The van der Waals surface area contributed by atoms with E-state index >= 15 is 8.78 Å². The minimum Gasteiger partial charge on any atom is -0.366 e. The number of halogens is 2. The summed E-state index contributed by atoms with van der Waals surface area (Å²) in [4.78, 5) is 28.4. The molecule has 3 aromatic rings. The number of carbonyl (C=O) groups excluding carboxylic acids is 2. The number of benzene rings is 2. The normalized spacial score (nSPS) is 13.8. The molecular weight excluding hydrogens is 388 g/mol. The number of amides is 2. The molecule has 0 atom stereocenters. The Balaban J connectivity index is 1.98. The van der Waals surface area contributed by atoms with Crippen LogP contribution in [0.25, 0.3) is 22.0 Å². The highest BCUT2D eigenvalue weighted by Crippen LogP contribution is 2.39. The first-order valence-corrected chi connectivity index (χ1v) is 9.66. The van der Waals surface area contributed by atoms with Crippen molar-refractivity contribution >= 4 is 22.7 Å². The molecule has 0 aliphatic carbocycles. The summed E-state index contributed by atoms with van der Waals surface area (Å²) in [5.41, 5.74) is 8.06. The smallest absolute Gasteiger partial charge is 0.250 e. The summed E-state index contributed by atoms with van der Waals surface area (Å²) in [5, 5.41) is 0.0120. The Bertz CT molecular complexity index is 1210. The predicted molar refractivity (Wildman–Crippen MR) is 111 cm³/mol. The summed E-state index contributed by atoms with van der Waals surface area (Å²) < 4.78 is 30.3. The molecule has 2 aromatic carbocycles.